The van der Waals surface area contributed by atoms with E-state index < -0.39 is 0 Å². The van der Waals surface area contributed by atoms with Crippen LogP contribution in [0.1, 0.15) is 11.1 Å². The van der Waals surface area contributed by atoms with Gasteiger partial charge in [0.2, 0.25) is 0 Å². The number of nitrogens with two attached hydrogens (primary N) is 2. The number of aromatic nitrogens is 6. The molecular weight excluding hydrogens is 463 g/mol. The number of hydrogen-bond acceptors (Lipinski definition) is 6. The maximum Gasteiger partial charge on any atom is 0.186 e. The molecule has 6 N–H and O–H groups in total. The zero-order valence-corrected chi connectivity index (χ0v) is 18.8. The fraction of sp³-hybridized carbons (Fsp3) is 0.0909. The predicted molar refractivity (Wildman–Crippen MR) is 130 cm³/mol. The van der Waals surface area contributed by atoms with Gasteiger partial charge in [-0.2, -0.15) is 10.2 Å². The minimum atomic E-state index is 0. The van der Waals surface area contributed by atoms with Gasteiger partial charge in [0.05, 0.1) is 24.0 Å². The van der Waals surface area contributed by atoms with Gasteiger partial charge in [-0.05, 0) is 23.3 Å². The highest BCUT2D eigenvalue weighted by atomic mass is 35.5. The average molecular weight is 483 g/mol. The maximum absolute atomic E-state index is 6.27. The summed E-state index contributed by atoms with van der Waals surface area (Å²) >= 11 is 12.5. The van der Waals surface area contributed by atoms with Crippen molar-refractivity contribution in [2.24, 2.45) is 0 Å². The summed E-state index contributed by atoms with van der Waals surface area (Å²) in [5.74, 6) is 0.973. The number of anilines is 2. The van der Waals surface area contributed by atoms with Gasteiger partial charge in [-0.1, -0.05) is 59.6 Å². The molecule has 5 aromatic rings. The molecule has 0 fully saturated rings. The number of rotatable bonds is 5. The molecule has 0 unspecified atom stereocenters. The van der Waals surface area contributed by atoms with E-state index in [0.717, 1.165) is 11.1 Å². The molecule has 9 nitrogen and oxygen atoms in total. The molecule has 0 saturated carbocycles. The number of hydrogen-bond donors (Lipinski definition) is 2. The Morgan fingerprint density at radius 1 is 0.727 bits per heavy atom. The van der Waals surface area contributed by atoms with Gasteiger partial charge in [0, 0.05) is 22.4 Å². The van der Waals surface area contributed by atoms with Gasteiger partial charge < -0.3 is 16.9 Å². The highest BCUT2D eigenvalue weighted by molar-refractivity contribution is 6.31. The summed E-state index contributed by atoms with van der Waals surface area (Å²) in [6, 6.07) is 15.2. The van der Waals surface area contributed by atoms with Crippen molar-refractivity contribution in [3.05, 3.63) is 82.1 Å². The topological polar surface area (TPSA) is 145 Å². The number of fused-ring (bicyclic) bond motifs is 1. The van der Waals surface area contributed by atoms with Crippen LogP contribution in [0.4, 0.5) is 11.6 Å². The van der Waals surface area contributed by atoms with Gasteiger partial charge in [0.25, 0.3) is 0 Å². The zero-order valence-electron chi connectivity index (χ0n) is 17.3. The van der Waals surface area contributed by atoms with Crippen molar-refractivity contribution in [2.75, 3.05) is 11.5 Å². The van der Waals surface area contributed by atoms with E-state index in [4.69, 9.17) is 34.7 Å². The van der Waals surface area contributed by atoms with Gasteiger partial charge in [-0.3, -0.25) is 9.36 Å². The molecule has 0 amide bonds. The van der Waals surface area contributed by atoms with Crippen molar-refractivity contribution >= 4 is 45.9 Å². The number of benzene rings is 2. The van der Waals surface area contributed by atoms with Crippen LogP contribution in [-0.2, 0) is 13.1 Å². The molecule has 0 aliphatic heterocycles. The Morgan fingerprint density at radius 3 is 1.91 bits per heavy atom. The van der Waals surface area contributed by atoms with Crippen LogP contribution in [0, 0.1) is 0 Å². The quantitative estimate of drug-likeness (QED) is 0.392. The normalized spacial score (nSPS) is 11.0. The lowest BCUT2D eigenvalue weighted by atomic mass is 10.2. The van der Waals surface area contributed by atoms with Gasteiger partial charge in [-0.15, -0.1) is 0 Å². The fourth-order valence-electron chi connectivity index (χ4n) is 3.47. The highest BCUT2D eigenvalue weighted by Crippen LogP contribution is 2.27. The lowest BCUT2D eigenvalue weighted by Crippen LogP contribution is -2.01. The molecule has 3 heterocycles. The fourth-order valence-corrected chi connectivity index (χ4v) is 3.86. The summed E-state index contributed by atoms with van der Waals surface area (Å²) in [5, 5.41) is 10.9. The number of nitrogens with zero attached hydrogens (tertiary/aromatic N) is 6. The van der Waals surface area contributed by atoms with Crippen molar-refractivity contribution in [1.82, 2.24) is 29.5 Å². The first-order valence-corrected chi connectivity index (χ1v) is 10.5. The summed E-state index contributed by atoms with van der Waals surface area (Å²) in [4.78, 5) is 9.01. The van der Waals surface area contributed by atoms with E-state index >= 15 is 0 Å². The Hall–Kier alpha value is -3.66. The Labute approximate surface area is 198 Å². The first kappa shape index (κ1) is 22.5. The molecule has 0 radical (unpaired) electrons. The lowest BCUT2D eigenvalue weighted by Gasteiger charge is -2.03. The first-order valence-electron chi connectivity index (χ1n) is 9.78. The van der Waals surface area contributed by atoms with Crippen LogP contribution in [-0.4, -0.2) is 35.0 Å². The molecule has 0 spiro atoms. The third kappa shape index (κ3) is 4.47. The van der Waals surface area contributed by atoms with E-state index in [0.29, 0.717) is 57.2 Å². The molecule has 5 rings (SSSR count). The van der Waals surface area contributed by atoms with Crippen LogP contribution < -0.4 is 11.5 Å². The second-order valence-corrected chi connectivity index (χ2v) is 8.12. The second-order valence-electron chi connectivity index (χ2n) is 7.30. The molecule has 2 aromatic carbocycles. The zero-order chi connectivity index (χ0) is 22.2. The molecular formula is C22H20Cl2N8O. The van der Waals surface area contributed by atoms with Crippen LogP contribution in [0.25, 0.3) is 22.4 Å². The second kappa shape index (κ2) is 9.07. The summed E-state index contributed by atoms with van der Waals surface area (Å²) in [6.45, 7) is 0.955. The molecule has 3 aromatic heterocycles. The van der Waals surface area contributed by atoms with Crippen LogP contribution in [0.5, 0.6) is 0 Å². The standard InChI is InChI=1S/C22H18Cl2N8.H2O/c23-17-7-3-1-5-13(17)9-31-12-16(20(26)29-31)21-27-19(25)15-11-32(30-22(15)28-21)10-14-6-2-4-8-18(14)24;/h1-8,11-12H,9-10H2,(H2,26,29)(H2,25,27,28,30);1H2. The Kier molecular flexibility index (Phi) is 6.19. The van der Waals surface area contributed by atoms with Crippen molar-refractivity contribution in [1.29, 1.82) is 0 Å². The van der Waals surface area contributed by atoms with E-state index in [9.17, 15) is 0 Å². The van der Waals surface area contributed by atoms with Crippen LogP contribution in [0.2, 0.25) is 10.0 Å². The van der Waals surface area contributed by atoms with Crippen LogP contribution >= 0.6 is 23.2 Å². The third-order valence-electron chi connectivity index (χ3n) is 5.07. The predicted octanol–water partition coefficient (Wildman–Crippen LogP) is 3.43. The van der Waals surface area contributed by atoms with Crippen LogP contribution in [0.15, 0.2) is 60.9 Å². The minimum absolute atomic E-state index is 0. The lowest BCUT2D eigenvalue weighted by molar-refractivity contribution is 0.690. The third-order valence-corrected chi connectivity index (χ3v) is 5.81. The largest absolute Gasteiger partial charge is 0.412 e. The Morgan fingerprint density at radius 2 is 1.30 bits per heavy atom. The summed E-state index contributed by atoms with van der Waals surface area (Å²) in [7, 11) is 0. The first-order chi connectivity index (χ1) is 15.5. The number of halogens is 2. The van der Waals surface area contributed by atoms with E-state index in [2.05, 4.69) is 20.2 Å². The van der Waals surface area contributed by atoms with Crippen molar-refractivity contribution in [3.8, 4) is 11.4 Å². The molecule has 0 aliphatic rings. The monoisotopic (exact) mass is 482 g/mol. The average Bonchev–Trinajstić information content (AvgIpc) is 3.34. The molecule has 33 heavy (non-hydrogen) atoms. The van der Waals surface area contributed by atoms with Crippen LogP contribution in [0.3, 0.4) is 0 Å². The summed E-state index contributed by atoms with van der Waals surface area (Å²) in [6.07, 6.45) is 3.59. The van der Waals surface area contributed by atoms with Crippen molar-refractivity contribution in [3.63, 3.8) is 0 Å². The number of nitrogen functional groups attached to an aromatic ring is 2. The molecule has 0 saturated heterocycles. The Balaban J connectivity index is 0.00000259. The van der Waals surface area contributed by atoms with Gasteiger partial charge >= 0.3 is 0 Å². The maximum atomic E-state index is 6.27. The molecule has 0 aliphatic carbocycles. The van der Waals surface area contributed by atoms with Gasteiger partial charge in [-0.25, -0.2) is 9.97 Å². The smallest absolute Gasteiger partial charge is 0.186 e. The van der Waals surface area contributed by atoms with E-state index in [-0.39, 0.29) is 5.48 Å². The molecule has 168 valence electrons. The van der Waals surface area contributed by atoms with Crippen molar-refractivity contribution < 1.29 is 5.48 Å². The molecule has 11 heteroatoms. The molecule has 0 atom stereocenters. The van der Waals surface area contributed by atoms with E-state index in [1.807, 2.05) is 54.7 Å². The Bertz CT molecular complexity index is 1450. The highest BCUT2D eigenvalue weighted by Gasteiger charge is 2.16. The minimum Gasteiger partial charge on any atom is -0.412 e. The van der Waals surface area contributed by atoms with E-state index in [1.54, 1.807) is 15.6 Å². The molecule has 0 bridgehead atoms. The summed E-state index contributed by atoms with van der Waals surface area (Å²) in [5.41, 5.74) is 15.3. The summed E-state index contributed by atoms with van der Waals surface area (Å²) < 4.78 is 3.44. The van der Waals surface area contributed by atoms with Crippen molar-refractivity contribution in [2.45, 2.75) is 13.1 Å². The van der Waals surface area contributed by atoms with Gasteiger partial charge in [0.15, 0.2) is 17.3 Å². The van der Waals surface area contributed by atoms with E-state index in [1.165, 1.54) is 0 Å². The van der Waals surface area contributed by atoms with Gasteiger partial charge in [0.1, 0.15) is 5.82 Å². The SMILES string of the molecule is Nc1nn(Cc2ccccc2Cl)cc1-c1nc(N)c2cn(Cc3ccccc3Cl)nc2n1.O.